The summed E-state index contributed by atoms with van der Waals surface area (Å²) in [5.41, 5.74) is 2.99. The number of amides is 1. The monoisotopic (exact) mass is 603 g/mol. The van der Waals surface area contributed by atoms with Crippen molar-refractivity contribution in [3.63, 3.8) is 0 Å². The van der Waals surface area contributed by atoms with Crippen LogP contribution in [0.5, 0.6) is 11.5 Å². The minimum atomic E-state index is -3.66. The molecule has 0 spiro atoms. The third-order valence-corrected chi connectivity index (χ3v) is 8.08. The topological polar surface area (TPSA) is 99.2 Å². The maximum Gasteiger partial charge on any atom is 0.258 e. The molecule has 2 heterocycles. The molecule has 2 aliphatic rings. The molecule has 3 aromatic carbocycles. The number of hydrogen-bond acceptors (Lipinski definition) is 6. The number of halogens is 3. The van der Waals surface area contributed by atoms with Crippen LogP contribution < -0.4 is 14.4 Å². The lowest BCUT2D eigenvalue weighted by Crippen LogP contribution is -2.40. The van der Waals surface area contributed by atoms with E-state index in [1.54, 1.807) is 18.2 Å². The van der Waals surface area contributed by atoms with Crippen LogP contribution in [0.25, 0.3) is 11.1 Å². The first-order chi connectivity index (χ1) is 19.9. The molecule has 2 aliphatic heterocycles. The van der Waals surface area contributed by atoms with Gasteiger partial charge in [-0.25, -0.2) is 21.6 Å². The molecule has 3 aromatic rings. The van der Waals surface area contributed by atoms with Crippen LogP contribution in [0.2, 0.25) is 0 Å². The highest BCUT2D eigenvalue weighted by Gasteiger charge is 2.33. The van der Waals surface area contributed by atoms with Crippen LogP contribution in [-0.2, 0) is 16.4 Å². The largest absolute Gasteiger partial charge is 0.506 e. The van der Waals surface area contributed by atoms with E-state index in [0.29, 0.717) is 61.6 Å². The first-order valence-corrected chi connectivity index (χ1v) is 15.6. The number of aromatic hydroxyl groups is 1. The molecule has 5 rings (SSSR count). The number of nitrogens with one attached hydrogen (secondary N) is 1. The van der Waals surface area contributed by atoms with E-state index >= 15 is 0 Å². The van der Waals surface area contributed by atoms with Gasteiger partial charge in [0.15, 0.2) is 0 Å². The van der Waals surface area contributed by atoms with Gasteiger partial charge in [0.1, 0.15) is 17.3 Å². The predicted molar refractivity (Wildman–Crippen MR) is 155 cm³/mol. The summed E-state index contributed by atoms with van der Waals surface area (Å²) in [7, 11) is -3.66. The van der Waals surface area contributed by atoms with Crippen molar-refractivity contribution in [3.8, 4) is 22.6 Å². The van der Waals surface area contributed by atoms with Gasteiger partial charge in [-0.15, -0.1) is 0 Å². The number of ether oxygens (including phenoxy) is 1. The molecule has 0 aromatic heterocycles. The fraction of sp³-hybridized carbons (Fsp3) is 0.367. The normalized spacial score (nSPS) is 17.1. The van der Waals surface area contributed by atoms with E-state index in [4.69, 9.17) is 4.74 Å². The minimum absolute atomic E-state index is 0.0401. The van der Waals surface area contributed by atoms with E-state index in [1.165, 1.54) is 35.2 Å². The van der Waals surface area contributed by atoms with Gasteiger partial charge in [0.25, 0.3) is 11.8 Å². The van der Waals surface area contributed by atoms with E-state index in [1.807, 2.05) is 11.0 Å². The average molecular weight is 604 g/mol. The molecular formula is C30H32F3N3O5S. The summed E-state index contributed by atoms with van der Waals surface area (Å²) >= 11 is 0. The second kappa shape index (κ2) is 11.8. The number of carbonyl (C=O) groups is 1. The molecule has 1 amide bonds. The summed E-state index contributed by atoms with van der Waals surface area (Å²) in [5.74, 6) is -3.14. The summed E-state index contributed by atoms with van der Waals surface area (Å²) in [6.45, 7) is 1.86. The summed E-state index contributed by atoms with van der Waals surface area (Å²) < 4.78 is 72.5. The van der Waals surface area contributed by atoms with Crippen LogP contribution in [0.15, 0.2) is 54.6 Å². The number of hydrogen-bond donors (Lipinski definition) is 2. The Labute approximate surface area is 242 Å². The fourth-order valence-electron chi connectivity index (χ4n) is 5.28. The molecule has 12 heteroatoms. The SMILES string of the molecule is CS(=O)(=O)Nc1cc(N2CCc3cc(-c4ccc(F)cc4)c(OCCCN4CCC(F)(F)CC4)cc3C2=O)ccc1O. The van der Waals surface area contributed by atoms with Gasteiger partial charge >= 0.3 is 0 Å². The van der Waals surface area contributed by atoms with Crippen LogP contribution in [-0.4, -0.2) is 69.3 Å². The molecule has 224 valence electrons. The number of benzene rings is 3. The van der Waals surface area contributed by atoms with Gasteiger partial charge in [-0.05, 0) is 66.4 Å². The molecule has 1 saturated heterocycles. The highest BCUT2D eigenvalue weighted by atomic mass is 32.2. The number of carbonyl (C=O) groups excluding carboxylic acids is 1. The number of phenolic OH excluding ortho intramolecular Hbond substituents is 1. The molecule has 8 nitrogen and oxygen atoms in total. The van der Waals surface area contributed by atoms with Crippen molar-refractivity contribution in [1.29, 1.82) is 0 Å². The molecule has 0 radical (unpaired) electrons. The van der Waals surface area contributed by atoms with E-state index in [0.717, 1.165) is 17.4 Å². The Hall–Kier alpha value is -3.77. The van der Waals surface area contributed by atoms with Crippen molar-refractivity contribution in [1.82, 2.24) is 4.90 Å². The summed E-state index contributed by atoms with van der Waals surface area (Å²) in [5, 5.41) is 10.1. The number of likely N-dealkylation sites (tertiary alicyclic amines) is 1. The van der Waals surface area contributed by atoms with Crippen LogP contribution in [0.3, 0.4) is 0 Å². The van der Waals surface area contributed by atoms with Crippen molar-refractivity contribution in [2.24, 2.45) is 0 Å². The zero-order chi connectivity index (χ0) is 30.1. The first-order valence-electron chi connectivity index (χ1n) is 13.7. The number of rotatable bonds is 9. The van der Waals surface area contributed by atoms with Gasteiger partial charge in [0.05, 0.1) is 18.6 Å². The molecule has 0 atom stereocenters. The van der Waals surface area contributed by atoms with Gasteiger partial charge in [0, 0.05) is 55.8 Å². The molecule has 0 saturated carbocycles. The van der Waals surface area contributed by atoms with Gasteiger partial charge in [-0.2, -0.15) is 0 Å². The maximum absolute atomic E-state index is 13.7. The van der Waals surface area contributed by atoms with E-state index in [-0.39, 0.29) is 42.6 Å². The Kier molecular flexibility index (Phi) is 8.38. The first kappa shape index (κ1) is 29.7. The lowest BCUT2D eigenvalue weighted by Gasteiger charge is -2.31. The number of anilines is 2. The Morgan fingerprint density at radius 3 is 2.40 bits per heavy atom. The van der Waals surface area contributed by atoms with Gasteiger partial charge in [0.2, 0.25) is 10.0 Å². The van der Waals surface area contributed by atoms with Crippen molar-refractivity contribution < 1.29 is 36.2 Å². The van der Waals surface area contributed by atoms with Gasteiger partial charge in [-0.3, -0.25) is 9.52 Å². The zero-order valence-electron chi connectivity index (χ0n) is 23.1. The lowest BCUT2D eigenvalue weighted by molar-refractivity contribution is -0.0554. The maximum atomic E-state index is 13.7. The molecule has 0 aliphatic carbocycles. The third-order valence-electron chi connectivity index (χ3n) is 7.49. The van der Waals surface area contributed by atoms with Crippen molar-refractivity contribution in [3.05, 3.63) is 71.5 Å². The predicted octanol–water partition coefficient (Wildman–Crippen LogP) is 5.27. The summed E-state index contributed by atoms with van der Waals surface area (Å²) in [4.78, 5) is 17.2. The van der Waals surface area contributed by atoms with Crippen LogP contribution in [0.4, 0.5) is 24.5 Å². The number of phenols is 1. The van der Waals surface area contributed by atoms with E-state index in [9.17, 15) is 31.5 Å². The highest BCUT2D eigenvalue weighted by molar-refractivity contribution is 7.92. The molecule has 2 N–H and O–H groups in total. The fourth-order valence-corrected chi connectivity index (χ4v) is 5.84. The number of sulfonamides is 1. The van der Waals surface area contributed by atoms with Crippen LogP contribution in [0, 0.1) is 5.82 Å². The number of fused-ring (bicyclic) bond motifs is 1. The summed E-state index contributed by atoms with van der Waals surface area (Å²) in [6, 6.07) is 13.8. The lowest BCUT2D eigenvalue weighted by atomic mass is 9.92. The quantitative estimate of drug-likeness (QED) is 0.255. The zero-order valence-corrected chi connectivity index (χ0v) is 23.9. The molecular weight excluding hydrogens is 571 g/mol. The van der Waals surface area contributed by atoms with Crippen molar-refractivity contribution in [2.45, 2.75) is 31.6 Å². The van der Waals surface area contributed by atoms with Gasteiger partial charge in [-0.1, -0.05) is 12.1 Å². The number of piperidine rings is 1. The number of nitrogens with zero attached hydrogens (tertiary/aromatic N) is 2. The standard InChI is InChI=1S/C30H32F3N3O5S/c1-42(39,40)34-26-18-23(7-8-27(26)37)36-13-9-21-17-24(20-3-5-22(31)6-4-20)28(19-25(21)29(36)38)41-16-2-12-35-14-10-30(32,33)11-15-35/h3-8,17-19,34,37H,2,9-16H2,1H3. The highest BCUT2D eigenvalue weighted by Crippen LogP contribution is 2.38. The summed E-state index contributed by atoms with van der Waals surface area (Å²) in [6.07, 6.45) is 1.74. The molecule has 0 bridgehead atoms. The second-order valence-electron chi connectivity index (χ2n) is 10.7. The minimum Gasteiger partial charge on any atom is -0.506 e. The molecule has 0 unspecified atom stereocenters. The van der Waals surface area contributed by atoms with Crippen LogP contribution in [0.1, 0.15) is 35.2 Å². The van der Waals surface area contributed by atoms with Crippen molar-refractivity contribution >= 4 is 27.3 Å². The number of alkyl halides is 2. The van der Waals surface area contributed by atoms with Gasteiger partial charge < -0.3 is 19.6 Å². The second-order valence-corrected chi connectivity index (χ2v) is 12.4. The Balaban J connectivity index is 1.38. The molecule has 1 fully saturated rings. The van der Waals surface area contributed by atoms with E-state index in [2.05, 4.69) is 4.72 Å². The average Bonchev–Trinajstić information content (AvgIpc) is 2.93. The van der Waals surface area contributed by atoms with Crippen molar-refractivity contribution in [2.75, 3.05) is 48.7 Å². The smallest absolute Gasteiger partial charge is 0.258 e. The van der Waals surface area contributed by atoms with Crippen LogP contribution >= 0.6 is 0 Å². The third kappa shape index (κ3) is 6.99. The molecule has 42 heavy (non-hydrogen) atoms. The Morgan fingerprint density at radius 1 is 1.00 bits per heavy atom. The van der Waals surface area contributed by atoms with E-state index < -0.39 is 15.9 Å². The Morgan fingerprint density at radius 2 is 1.71 bits per heavy atom. The Bertz CT molecular complexity index is 1570.